The average Bonchev–Trinajstić information content (AvgIpc) is 2.30. The van der Waals surface area contributed by atoms with Crippen LogP contribution in [0, 0.1) is 0 Å². The normalized spacial score (nSPS) is 19.8. The van der Waals surface area contributed by atoms with Crippen LogP contribution in [-0.2, 0) is 0 Å². The van der Waals surface area contributed by atoms with E-state index in [0.29, 0.717) is 19.4 Å². The molecule has 2 rings (SSSR count). The molecule has 4 nitrogen and oxygen atoms in total. The Morgan fingerprint density at radius 3 is 2.56 bits per heavy atom. The van der Waals surface area contributed by atoms with Crippen LogP contribution in [-0.4, -0.2) is 35.4 Å². The number of benzene rings is 1. The summed E-state index contributed by atoms with van der Waals surface area (Å²) in [6.07, 6.45) is 1.36. The van der Waals surface area contributed by atoms with Crippen LogP contribution in [0.2, 0.25) is 0 Å². The Balaban J connectivity index is 2.04. The van der Waals surface area contributed by atoms with Crippen LogP contribution in [0.15, 0.2) is 24.3 Å². The van der Waals surface area contributed by atoms with Crippen molar-refractivity contribution < 1.29 is 10.2 Å². The predicted octanol–water partition coefficient (Wildman–Crippen LogP) is 0.682. The van der Waals surface area contributed by atoms with Crippen molar-refractivity contribution in [2.75, 3.05) is 24.5 Å². The first-order chi connectivity index (χ1) is 7.63. The van der Waals surface area contributed by atoms with Gasteiger partial charge in [0.05, 0.1) is 5.60 Å². The van der Waals surface area contributed by atoms with E-state index in [1.807, 2.05) is 12.1 Å². The molecule has 16 heavy (non-hydrogen) atoms. The first kappa shape index (κ1) is 11.2. The molecule has 1 aromatic rings. The topological polar surface area (TPSA) is 69.7 Å². The van der Waals surface area contributed by atoms with Gasteiger partial charge in [-0.05, 0) is 25.0 Å². The summed E-state index contributed by atoms with van der Waals surface area (Å²) in [7, 11) is 0. The van der Waals surface area contributed by atoms with Crippen LogP contribution in [0.3, 0.4) is 0 Å². The van der Waals surface area contributed by atoms with Crippen molar-refractivity contribution in [1.29, 1.82) is 0 Å². The van der Waals surface area contributed by atoms with E-state index in [1.54, 1.807) is 12.1 Å². The zero-order valence-corrected chi connectivity index (χ0v) is 9.26. The molecule has 0 atom stereocenters. The van der Waals surface area contributed by atoms with Crippen LogP contribution >= 0.6 is 0 Å². The van der Waals surface area contributed by atoms with E-state index in [-0.39, 0.29) is 5.75 Å². The molecule has 0 unspecified atom stereocenters. The molecule has 0 spiro atoms. The van der Waals surface area contributed by atoms with Gasteiger partial charge in [-0.15, -0.1) is 0 Å². The smallest absolute Gasteiger partial charge is 0.117 e. The minimum Gasteiger partial charge on any atom is -0.508 e. The van der Waals surface area contributed by atoms with E-state index in [4.69, 9.17) is 5.73 Å². The summed E-state index contributed by atoms with van der Waals surface area (Å²) in [6, 6.07) is 7.19. The fraction of sp³-hybridized carbons (Fsp3) is 0.500. The van der Waals surface area contributed by atoms with Gasteiger partial charge in [0.2, 0.25) is 0 Å². The summed E-state index contributed by atoms with van der Waals surface area (Å²) in [5, 5.41) is 19.4. The van der Waals surface area contributed by atoms with Crippen LogP contribution in [0.5, 0.6) is 5.75 Å². The number of nitrogens with two attached hydrogens (primary N) is 1. The van der Waals surface area contributed by atoms with Gasteiger partial charge in [-0.25, -0.2) is 0 Å². The van der Waals surface area contributed by atoms with Gasteiger partial charge in [-0.1, -0.05) is 6.07 Å². The summed E-state index contributed by atoms with van der Waals surface area (Å²) in [4.78, 5) is 2.16. The second-order valence-corrected chi connectivity index (χ2v) is 4.44. The lowest BCUT2D eigenvalue weighted by Gasteiger charge is -2.38. The molecule has 0 amide bonds. The number of nitrogens with zero attached hydrogens (tertiary/aromatic N) is 1. The summed E-state index contributed by atoms with van der Waals surface area (Å²) >= 11 is 0. The van der Waals surface area contributed by atoms with Crippen molar-refractivity contribution >= 4 is 5.69 Å². The molecule has 1 aromatic carbocycles. The fourth-order valence-corrected chi connectivity index (χ4v) is 2.07. The van der Waals surface area contributed by atoms with E-state index >= 15 is 0 Å². The molecular formula is C12H18N2O2. The standard InChI is InChI=1S/C12H18N2O2/c13-9-12(16)4-6-14(7-5-12)10-2-1-3-11(15)8-10/h1-3,8,15-16H,4-7,9,13H2. The van der Waals surface area contributed by atoms with Gasteiger partial charge in [-0.2, -0.15) is 0 Å². The van der Waals surface area contributed by atoms with Gasteiger partial charge in [0, 0.05) is 31.4 Å². The molecule has 88 valence electrons. The lowest BCUT2D eigenvalue weighted by Crippen LogP contribution is -2.48. The third-order valence-electron chi connectivity index (χ3n) is 3.27. The number of aromatic hydroxyl groups is 1. The van der Waals surface area contributed by atoms with Crippen LogP contribution in [0.4, 0.5) is 5.69 Å². The Labute approximate surface area is 95.3 Å². The summed E-state index contributed by atoms with van der Waals surface area (Å²) in [6.45, 7) is 1.87. The van der Waals surface area contributed by atoms with Crippen LogP contribution in [0.1, 0.15) is 12.8 Å². The summed E-state index contributed by atoms with van der Waals surface area (Å²) in [5.41, 5.74) is 5.84. The maximum atomic E-state index is 10.00. The van der Waals surface area contributed by atoms with Gasteiger partial charge in [0.25, 0.3) is 0 Å². The molecule has 1 heterocycles. The minimum atomic E-state index is -0.701. The van der Waals surface area contributed by atoms with Crippen LogP contribution in [0.25, 0.3) is 0 Å². The summed E-state index contributed by atoms with van der Waals surface area (Å²) in [5.74, 6) is 0.275. The molecule has 4 heteroatoms. The number of phenols is 1. The van der Waals surface area contributed by atoms with Gasteiger partial charge in [-0.3, -0.25) is 0 Å². The van der Waals surface area contributed by atoms with Gasteiger partial charge >= 0.3 is 0 Å². The number of piperidine rings is 1. The molecule has 0 radical (unpaired) electrons. The Morgan fingerprint density at radius 1 is 1.31 bits per heavy atom. The lowest BCUT2D eigenvalue weighted by molar-refractivity contribution is 0.0250. The molecule has 1 saturated heterocycles. The van der Waals surface area contributed by atoms with Crippen molar-refractivity contribution in [2.45, 2.75) is 18.4 Å². The first-order valence-corrected chi connectivity index (χ1v) is 5.59. The first-order valence-electron chi connectivity index (χ1n) is 5.59. The molecule has 0 aromatic heterocycles. The molecule has 0 aliphatic carbocycles. The quantitative estimate of drug-likeness (QED) is 0.688. The zero-order chi connectivity index (χ0) is 11.6. The van der Waals surface area contributed by atoms with Crippen molar-refractivity contribution in [1.82, 2.24) is 0 Å². The van der Waals surface area contributed by atoms with Gasteiger partial charge < -0.3 is 20.8 Å². The number of hydrogen-bond donors (Lipinski definition) is 3. The highest BCUT2D eigenvalue weighted by Crippen LogP contribution is 2.27. The molecule has 0 saturated carbocycles. The Hall–Kier alpha value is -1.26. The third-order valence-corrected chi connectivity index (χ3v) is 3.27. The van der Waals surface area contributed by atoms with E-state index < -0.39 is 5.60 Å². The highest BCUT2D eigenvalue weighted by Gasteiger charge is 2.30. The number of phenolic OH excluding ortho intramolecular Hbond substituents is 1. The lowest BCUT2D eigenvalue weighted by atomic mass is 9.91. The predicted molar refractivity (Wildman–Crippen MR) is 63.6 cm³/mol. The highest BCUT2D eigenvalue weighted by atomic mass is 16.3. The SMILES string of the molecule is NCC1(O)CCN(c2cccc(O)c2)CC1. The number of anilines is 1. The van der Waals surface area contributed by atoms with Gasteiger partial charge in [0.15, 0.2) is 0 Å². The maximum absolute atomic E-state index is 10.00. The molecule has 1 aliphatic rings. The summed E-state index contributed by atoms with van der Waals surface area (Å²) < 4.78 is 0. The van der Waals surface area contributed by atoms with Crippen molar-refractivity contribution in [2.24, 2.45) is 5.73 Å². The Bertz CT molecular complexity index is 360. The monoisotopic (exact) mass is 222 g/mol. The van der Waals surface area contributed by atoms with Crippen molar-refractivity contribution in [3.05, 3.63) is 24.3 Å². The number of rotatable bonds is 2. The van der Waals surface area contributed by atoms with E-state index in [0.717, 1.165) is 18.8 Å². The van der Waals surface area contributed by atoms with Gasteiger partial charge in [0.1, 0.15) is 5.75 Å². The molecule has 1 aliphatic heterocycles. The van der Waals surface area contributed by atoms with E-state index in [1.165, 1.54) is 0 Å². The third kappa shape index (κ3) is 2.28. The highest BCUT2D eigenvalue weighted by molar-refractivity contribution is 5.50. The minimum absolute atomic E-state index is 0.275. The Kier molecular flexibility index (Phi) is 3.03. The molecule has 0 bridgehead atoms. The van der Waals surface area contributed by atoms with E-state index in [9.17, 15) is 10.2 Å². The maximum Gasteiger partial charge on any atom is 0.117 e. The zero-order valence-electron chi connectivity index (χ0n) is 9.26. The molecular weight excluding hydrogens is 204 g/mol. The Morgan fingerprint density at radius 2 is 2.00 bits per heavy atom. The molecule has 4 N–H and O–H groups in total. The van der Waals surface area contributed by atoms with Crippen LogP contribution < -0.4 is 10.6 Å². The number of hydrogen-bond acceptors (Lipinski definition) is 4. The largest absolute Gasteiger partial charge is 0.508 e. The molecule has 1 fully saturated rings. The second-order valence-electron chi connectivity index (χ2n) is 4.44. The van der Waals surface area contributed by atoms with E-state index in [2.05, 4.69) is 4.90 Å². The fourth-order valence-electron chi connectivity index (χ4n) is 2.07. The van der Waals surface area contributed by atoms with Crippen molar-refractivity contribution in [3.63, 3.8) is 0 Å². The average molecular weight is 222 g/mol. The second kappa shape index (κ2) is 4.31. The number of aliphatic hydroxyl groups is 1. The van der Waals surface area contributed by atoms with Crippen molar-refractivity contribution in [3.8, 4) is 5.75 Å².